The molecule has 24 heavy (non-hydrogen) atoms. The van der Waals surface area contributed by atoms with Crippen LogP contribution in [0.5, 0.6) is 0 Å². The van der Waals surface area contributed by atoms with Gasteiger partial charge in [-0.15, -0.1) is 0 Å². The van der Waals surface area contributed by atoms with Crippen LogP contribution in [0.2, 0.25) is 0 Å². The van der Waals surface area contributed by atoms with Gasteiger partial charge in [0.1, 0.15) is 0 Å². The molecule has 0 aromatic heterocycles. The second-order valence-electron chi connectivity index (χ2n) is 5.28. The molecule has 126 valence electrons. The molecule has 0 saturated heterocycles. The van der Waals surface area contributed by atoms with E-state index in [0.717, 1.165) is 10.0 Å². The number of hydrogen-bond donors (Lipinski definition) is 0. The monoisotopic (exact) mass is 389 g/mol. The van der Waals surface area contributed by atoms with Crippen molar-refractivity contribution in [3.63, 3.8) is 0 Å². The van der Waals surface area contributed by atoms with E-state index in [2.05, 4.69) is 15.9 Å². The van der Waals surface area contributed by atoms with Gasteiger partial charge in [0, 0.05) is 23.1 Å². The topological polar surface area (TPSA) is 46.6 Å². The van der Waals surface area contributed by atoms with Crippen LogP contribution in [-0.2, 0) is 16.1 Å². The van der Waals surface area contributed by atoms with Gasteiger partial charge in [-0.3, -0.25) is 9.59 Å². The van der Waals surface area contributed by atoms with Crippen molar-refractivity contribution in [2.75, 3.05) is 13.2 Å². The molecule has 0 atom stereocenters. The minimum absolute atomic E-state index is 0.107. The van der Waals surface area contributed by atoms with Crippen LogP contribution < -0.4 is 0 Å². The zero-order valence-electron chi connectivity index (χ0n) is 13.6. The van der Waals surface area contributed by atoms with Crippen LogP contribution in [0.1, 0.15) is 29.3 Å². The summed E-state index contributed by atoms with van der Waals surface area (Å²) in [6, 6.07) is 17.0. The summed E-state index contributed by atoms with van der Waals surface area (Å²) < 4.78 is 5.81. The van der Waals surface area contributed by atoms with Crippen molar-refractivity contribution in [3.8, 4) is 0 Å². The largest absolute Gasteiger partial charge is 0.466 e. The average Bonchev–Trinajstić information content (AvgIpc) is 2.59. The summed E-state index contributed by atoms with van der Waals surface area (Å²) in [7, 11) is 0. The number of rotatable bonds is 7. The lowest BCUT2D eigenvalue weighted by molar-refractivity contribution is -0.143. The average molecular weight is 390 g/mol. The molecule has 5 heteroatoms. The van der Waals surface area contributed by atoms with Crippen LogP contribution in [0.3, 0.4) is 0 Å². The molecule has 2 rings (SSSR count). The molecule has 2 aromatic rings. The number of amides is 1. The van der Waals surface area contributed by atoms with Gasteiger partial charge in [0.2, 0.25) is 0 Å². The summed E-state index contributed by atoms with van der Waals surface area (Å²) >= 11 is 3.38. The number of nitrogens with zero attached hydrogens (tertiary/aromatic N) is 1. The van der Waals surface area contributed by atoms with Crippen LogP contribution >= 0.6 is 15.9 Å². The minimum Gasteiger partial charge on any atom is -0.466 e. The molecule has 0 aliphatic rings. The van der Waals surface area contributed by atoms with E-state index in [1.807, 2.05) is 42.5 Å². The van der Waals surface area contributed by atoms with E-state index in [9.17, 15) is 9.59 Å². The van der Waals surface area contributed by atoms with Crippen molar-refractivity contribution in [3.05, 3.63) is 70.2 Å². The lowest BCUT2D eigenvalue weighted by atomic mass is 10.1. The van der Waals surface area contributed by atoms with E-state index >= 15 is 0 Å². The fourth-order valence-electron chi connectivity index (χ4n) is 2.32. The van der Waals surface area contributed by atoms with E-state index in [1.165, 1.54) is 0 Å². The Balaban J connectivity index is 2.14. The molecule has 0 saturated carbocycles. The van der Waals surface area contributed by atoms with Gasteiger partial charge in [0.25, 0.3) is 5.91 Å². The molecule has 4 nitrogen and oxygen atoms in total. The van der Waals surface area contributed by atoms with E-state index in [-0.39, 0.29) is 18.3 Å². The first-order chi connectivity index (χ1) is 11.6. The smallest absolute Gasteiger partial charge is 0.307 e. The maximum atomic E-state index is 12.8. The second kappa shape index (κ2) is 9.23. The molecular formula is C19H20BrNO3. The van der Waals surface area contributed by atoms with E-state index in [4.69, 9.17) is 4.74 Å². The predicted molar refractivity (Wildman–Crippen MR) is 96.6 cm³/mol. The Kier molecular flexibility index (Phi) is 7.00. The number of ether oxygens (including phenoxy) is 1. The molecule has 2 aromatic carbocycles. The highest BCUT2D eigenvalue weighted by atomic mass is 79.9. The summed E-state index contributed by atoms with van der Waals surface area (Å²) in [5, 5.41) is 0. The van der Waals surface area contributed by atoms with Crippen molar-refractivity contribution in [1.82, 2.24) is 4.90 Å². The normalized spacial score (nSPS) is 10.2. The van der Waals surface area contributed by atoms with Crippen LogP contribution in [0, 0.1) is 0 Å². The van der Waals surface area contributed by atoms with Crippen LogP contribution in [0.25, 0.3) is 0 Å². The number of carbonyl (C=O) groups excluding carboxylic acids is 2. The van der Waals surface area contributed by atoms with E-state index < -0.39 is 0 Å². The van der Waals surface area contributed by atoms with Crippen molar-refractivity contribution >= 4 is 27.8 Å². The van der Waals surface area contributed by atoms with E-state index in [0.29, 0.717) is 25.3 Å². The molecule has 0 radical (unpaired) electrons. The zero-order chi connectivity index (χ0) is 17.4. The maximum Gasteiger partial charge on any atom is 0.307 e. The summed E-state index contributed by atoms with van der Waals surface area (Å²) in [5.41, 5.74) is 1.61. The number of benzene rings is 2. The third-order valence-corrected chi connectivity index (χ3v) is 3.96. The number of esters is 1. The number of carbonyl (C=O) groups is 2. The molecule has 0 aliphatic heterocycles. The second-order valence-corrected chi connectivity index (χ2v) is 6.19. The molecule has 1 amide bonds. The van der Waals surface area contributed by atoms with Crippen molar-refractivity contribution in [2.45, 2.75) is 19.9 Å². The summed E-state index contributed by atoms with van der Waals surface area (Å²) in [5.74, 6) is -0.401. The van der Waals surface area contributed by atoms with Crippen LogP contribution in [-0.4, -0.2) is 29.9 Å². The lowest BCUT2D eigenvalue weighted by Crippen LogP contribution is -2.33. The van der Waals surface area contributed by atoms with Gasteiger partial charge in [-0.05, 0) is 30.7 Å². The third kappa shape index (κ3) is 5.49. The Morgan fingerprint density at radius 3 is 2.50 bits per heavy atom. The highest BCUT2D eigenvalue weighted by Crippen LogP contribution is 2.15. The first-order valence-electron chi connectivity index (χ1n) is 7.84. The molecule has 0 bridgehead atoms. The van der Waals surface area contributed by atoms with E-state index in [1.54, 1.807) is 24.0 Å². The number of hydrogen-bond acceptors (Lipinski definition) is 3. The summed E-state index contributed by atoms with van der Waals surface area (Å²) in [4.78, 5) is 26.1. The van der Waals surface area contributed by atoms with Gasteiger partial charge >= 0.3 is 5.97 Å². The molecule has 0 heterocycles. The Morgan fingerprint density at radius 1 is 1.08 bits per heavy atom. The Bertz CT molecular complexity index is 688. The van der Waals surface area contributed by atoms with Gasteiger partial charge in [0.05, 0.1) is 13.0 Å². The van der Waals surface area contributed by atoms with Crippen molar-refractivity contribution < 1.29 is 14.3 Å². The van der Waals surface area contributed by atoms with Crippen LogP contribution in [0.4, 0.5) is 0 Å². The lowest BCUT2D eigenvalue weighted by Gasteiger charge is -2.23. The first kappa shape index (κ1) is 18.2. The van der Waals surface area contributed by atoms with Crippen LogP contribution in [0.15, 0.2) is 59.1 Å². The van der Waals surface area contributed by atoms with Gasteiger partial charge in [0.15, 0.2) is 0 Å². The standard InChI is InChI=1S/C19H20BrNO3/c1-2-24-18(22)11-12-21(14-15-7-4-3-5-8-15)19(23)16-9-6-10-17(20)13-16/h3-10,13H,2,11-12,14H2,1H3. The number of halogens is 1. The summed E-state index contributed by atoms with van der Waals surface area (Å²) in [6.07, 6.45) is 0.181. The predicted octanol–water partition coefficient (Wildman–Crippen LogP) is 4.04. The van der Waals surface area contributed by atoms with Gasteiger partial charge in [-0.25, -0.2) is 0 Å². The minimum atomic E-state index is -0.294. The molecule has 0 spiro atoms. The molecule has 0 unspecified atom stereocenters. The van der Waals surface area contributed by atoms with Gasteiger partial charge in [-0.2, -0.15) is 0 Å². The molecule has 0 fully saturated rings. The zero-order valence-corrected chi connectivity index (χ0v) is 15.2. The highest BCUT2D eigenvalue weighted by Gasteiger charge is 2.18. The quantitative estimate of drug-likeness (QED) is 0.671. The Labute approximate surface area is 150 Å². The highest BCUT2D eigenvalue weighted by molar-refractivity contribution is 9.10. The fourth-order valence-corrected chi connectivity index (χ4v) is 2.72. The SMILES string of the molecule is CCOC(=O)CCN(Cc1ccccc1)C(=O)c1cccc(Br)c1. The Morgan fingerprint density at radius 2 is 1.83 bits per heavy atom. The maximum absolute atomic E-state index is 12.8. The van der Waals surface area contributed by atoms with Gasteiger partial charge < -0.3 is 9.64 Å². The molecular weight excluding hydrogens is 370 g/mol. The molecule has 0 N–H and O–H groups in total. The van der Waals surface area contributed by atoms with Crippen molar-refractivity contribution in [1.29, 1.82) is 0 Å². The van der Waals surface area contributed by atoms with Crippen molar-refractivity contribution in [2.24, 2.45) is 0 Å². The Hall–Kier alpha value is -2.14. The summed E-state index contributed by atoms with van der Waals surface area (Å²) in [6.45, 7) is 2.88. The molecule has 0 aliphatic carbocycles. The fraction of sp³-hybridized carbons (Fsp3) is 0.263. The third-order valence-electron chi connectivity index (χ3n) is 3.47. The van der Waals surface area contributed by atoms with Gasteiger partial charge in [-0.1, -0.05) is 52.3 Å². The first-order valence-corrected chi connectivity index (χ1v) is 8.64.